The van der Waals surface area contributed by atoms with Gasteiger partial charge in [-0.1, -0.05) is 0 Å². The van der Waals surface area contributed by atoms with Crippen LogP contribution in [0.15, 0.2) is 41.3 Å². The first-order chi connectivity index (χ1) is 9.17. The molecule has 19 heavy (non-hydrogen) atoms. The predicted octanol–water partition coefficient (Wildman–Crippen LogP) is 1.94. The molecule has 0 spiro atoms. The molecule has 1 N–H and O–H groups in total. The number of nitrogens with zero attached hydrogens (tertiary/aromatic N) is 2. The molecular weight excluding hydrogens is 242 g/mol. The van der Waals surface area contributed by atoms with Gasteiger partial charge in [0.25, 0.3) is 5.56 Å². The molecular formula is C14H13N3O2. The number of aryl methyl sites for hydroxylation is 1. The van der Waals surface area contributed by atoms with Crippen molar-refractivity contribution in [1.29, 1.82) is 0 Å². The van der Waals surface area contributed by atoms with Crippen LogP contribution in [0.3, 0.4) is 0 Å². The fraction of sp³-hybridized carbons (Fsp3) is 0.143. The van der Waals surface area contributed by atoms with Crippen LogP contribution in [-0.4, -0.2) is 21.6 Å². The summed E-state index contributed by atoms with van der Waals surface area (Å²) in [6.45, 7) is 0. The third-order valence-electron chi connectivity index (χ3n) is 3.07. The topological polar surface area (TPSA) is 59.9 Å². The van der Waals surface area contributed by atoms with Gasteiger partial charge in [0.15, 0.2) is 0 Å². The quantitative estimate of drug-likeness (QED) is 0.761. The number of hydrogen-bond acceptors (Lipinski definition) is 3. The van der Waals surface area contributed by atoms with E-state index >= 15 is 0 Å². The van der Waals surface area contributed by atoms with Crippen molar-refractivity contribution >= 4 is 11.0 Å². The molecule has 3 rings (SSSR count). The van der Waals surface area contributed by atoms with E-state index in [2.05, 4.69) is 9.97 Å². The predicted molar refractivity (Wildman–Crippen MR) is 73.3 cm³/mol. The first-order valence-electron chi connectivity index (χ1n) is 5.88. The molecule has 0 aliphatic rings. The summed E-state index contributed by atoms with van der Waals surface area (Å²) in [5.74, 6) is 1.45. The van der Waals surface area contributed by atoms with Gasteiger partial charge in [-0.05, 0) is 18.2 Å². The third kappa shape index (κ3) is 1.99. The largest absolute Gasteiger partial charge is 0.497 e. The summed E-state index contributed by atoms with van der Waals surface area (Å²) < 4.78 is 6.69. The number of aromatic nitrogens is 3. The van der Waals surface area contributed by atoms with Crippen LogP contribution in [0.25, 0.3) is 22.4 Å². The molecule has 2 heterocycles. The van der Waals surface area contributed by atoms with Crippen molar-refractivity contribution in [2.75, 3.05) is 7.11 Å². The van der Waals surface area contributed by atoms with Gasteiger partial charge in [-0.15, -0.1) is 0 Å². The number of imidazole rings is 1. The number of methoxy groups -OCH3 is 1. The third-order valence-corrected chi connectivity index (χ3v) is 3.07. The van der Waals surface area contributed by atoms with Gasteiger partial charge in [0.1, 0.15) is 11.6 Å². The Hall–Kier alpha value is -2.56. The Labute approximate surface area is 109 Å². The summed E-state index contributed by atoms with van der Waals surface area (Å²) in [4.78, 5) is 19.3. The van der Waals surface area contributed by atoms with Gasteiger partial charge >= 0.3 is 0 Å². The van der Waals surface area contributed by atoms with Gasteiger partial charge in [0.05, 0.1) is 18.1 Å². The molecule has 1 aromatic carbocycles. The van der Waals surface area contributed by atoms with E-state index in [4.69, 9.17) is 4.74 Å². The van der Waals surface area contributed by atoms with Crippen LogP contribution in [0.2, 0.25) is 0 Å². The minimum Gasteiger partial charge on any atom is -0.497 e. The van der Waals surface area contributed by atoms with Crippen LogP contribution in [0.4, 0.5) is 0 Å². The molecule has 0 fully saturated rings. The van der Waals surface area contributed by atoms with Crippen LogP contribution in [0.5, 0.6) is 5.75 Å². The standard InChI is InChI=1S/C14H13N3O2/c1-17-6-5-9(7-13(17)18)14-15-11-4-3-10(19-2)8-12(11)16-14/h3-8H,1-2H3,(H,15,16). The highest BCUT2D eigenvalue weighted by molar-refractivity contribution is 5.80. The van der Waals surface area contributed by atoms with E-state index in [0.717, 1.165) is 22.3 Å². The van der Waals surface area contributed by atoms with Gasteiger partial charge in [0.2, 0.25) is 0 Å². The molecule has 0 aliphatic heterocycles. The Bertz CT molecular complexity index is 802. The van der Waals surface area contributed by atoms with Crippen molar-refractivity contribution in [2.45, 2.75) is 0 Å². The maximum absolute atomic E-state index is 11.6. The summed E-state index contributed by atoms with van der Waals surface area (Å²) in [6, 6.07) is 9.05. The second-order valence-electron chi connectivity index (χ2n) is 4.33. The van der Waals surface area contributed by atoms with Crippen LogP contribution in [-0.2, 0) is 7.05 Å². The molecule has 0 atom stereocenters. The average Bonchev–Trinajstić information content (AvgIpc) is 2.84. The molecule has 0 unspecified atom stereocenters. The van der Waals surface area contributed by atoms with Gasteiger partial charge in [0, 0.05) is 30.9 Å². The maximum atomic E-state index is 11.6. The Morgan fingerprint density at radius 1 is 1.26 bits per heavy atom. The fourth-order valence-electron chi connectivity index (χ4n) is 1.95. The Balaban J connectivity index is 2.14. The molecule has 96 valence electrons. The molecule has 0 bridgehead atoms. The zero-order valence-corrected chi connectivity index (χ0v) is 10.7. The SMILES string of the molecule is COc1ccc2nc(-c3ccn(C)c(=O)c3)[nH]c2c1. The number of H-pyrrole nitrogens is 1. The molecule has 0 aliphatic carbocycles. The second-order valence-corrected chi connectivity index (χ2v) is 4.33. The van der Waals surface area contributed by atoms with Crippen molar-refractivity contribution in [3.05, 3.63) is 46.9 Å². The minimum atomic E-state index is -0.0597. The summed E-state index contributed by atoms with van der Waals surface area (Å²) >= 11 is 0. The Morgan fingerprint density at radius 3 is 2.84 bits per heavy atom. The highest BCUT2D eigenvalue weighted by Crippen LogP contribution is 2.22. The molecule has 0 amide bonds. The maximum Gasteiger partial charge on any atom is 0.250 e. The average molecular weight is 255 g/mol. The summed E-state index contributed by atoms with van der Waals surface area (Å²) in [7, 11) is 3.34. The Kier molecular flexibility index (Phi) is 2.59. The first-order valence-corrected chi connectivity index (χ1v) is 5.88. The highest BCUT2D eigenvalue weighted by Gasteiger charge is 2.07. The van der Waals surface area contributed by atoms with E-state index in [1.807, 2.05) is 24.3 Å². The van der Waals surface area contributed by atoms with E-state index in [-0.39, 0.29) is 5.56 Å². The van der Waals surface area contributed by atoms with E-state index in [0.29, 0.717) is 5.82 Å². The number of hydrogen-bond donors (Lipinski definition) is 1. The lowest BCUT2D eigenvalue weighted by atomic mass is 10.2. The lowest BCUT2D eigenvalue weighted by Gasteiger charge is -1.98. The zero-order valence-electron chi connectivity index (χ0n) is 10.7. The molecule has 5 nitrogen and oxygen atoms in total. The monoisotopic (exact) mass is 255 g/mol. The van der Waals surface area contributed by atoms with Gasteiger partial charge < -0.3 is 14.3 Å². The lowest BCUT2D eigenvalue weighted by molar-refractivity contribution is 0.415. The molecule has 5 heteroatoms. The number of pyridine rings is 1. The number of aromatic amines is 1. The van der Waals surface area contributed by atoms with Crippen molar-refractivity contribution in [3.8, 4) is 17.1 Å². The van der Waals surface area contributed by atoms with Crippen molar-refractivity contribution < 1.29 is 4.74 Å². The number of nitrogens with one attached hydrogen (secondary N) is 1. The molecule has 0 radical (unpaired) electrons. The number of rotatable bonds is 2. The normalized spacial score (nSPS) is 10.8. The van der Waals surface area contributed by atoms with Crippen LogP contribution in [0, 0.1) is 0 Å². The van der Waals surface area contributed by atoms with Crippen molar-refractivity contribution in [1.82, 2.24) is 14.5 Å². The molecule has 0 saturated heterocycles. The summed E-state index contributed by atoms with van der Waals surface area (Å²) in [5, 5.41) is 0. The molecule has 2 aromatic heterocycles. The lowest BCUT2D eigenvalue weighted by Crippen LogP contribution is -2.14. The van der Waals surface area contributed by atoms with E-state index < -0.39 is 0 Å². The highest BCUT2D eigenvalue weighted by atomic mass is 16.5. The molecule has 0 saturated carbocycles. The summed E-state index contributed by atoms with van der Waals surface area (Å²) in [5.41, 5.74) is 2.44. The summed E-state index contributed by atoms with van der Waals surface area (Å²) in [6.07, 6.45) is 1.73. The fourth-order valence-corrected chi connectivity index (χ4v) is 1.95. The zero-order chi connectivity index (χ0) is 13.4. The van der Waals surface area contributed by atoms with E-state index in [1.54, 1.807) is 26.4 Å². The number of fused-ring (bicyclic) bond motifs is 1. The van der Waals surface area contributed by atoms with Crippen molar-refractivity contribution in [3.63, 3.8) is 0 Å². The second kappa shape index (κ2) is 4.28. The minimum absolute atomic E-state index is 0.0597. The van der Waals surface area contributed by atoms with E-state index in [1.165, 1.54) is 4.57 Å². The van der Waals surface area contributed by atoms with Crippen LogP contribution in [0.1, 0.15) is 0 Å². The number of benzene rings is 1. The Morgan fingerprint density at radius 2 is 2.11 bits per heavy atom. The van der Waals surface area contributed by atoms with Gasteiger partial charge in [-0.25, -0.2) is 4.98 Å². The smallest absolute Gasteiger partial charge is 0.250 e. The first kappa shape index (κ1) is 11.5. The van der Waals surface area contributed by atoms with Crippen LogP contribution < -0.4 is 10.3 Å². The van der Waals surface area contributed by atoms with E-state index in [9.17, 15) is 4.79 Å². The van der Waals surface area contributed by atoms with Gasteiger partial charge in [-0.3, -0.25) is 4.79 Å². The van der Waals surface area contributed by atoms with Crippen LogP contribution >= 0.6 is 0 Å². The van der Waals surface area contributed by atoms with Crippen molar-refractivity contribution in [2.24, 2.45) is 7.05 Å². The van der Waals surface area contributed by atoms with Gasteiger partial charge in [-0.2, -0.15) is 0 Å². The molecule has 3 aromatic rings. The number of ether oxygens (including phenoxy) is 1.